The van der Waals surface area contributed by atoms with Gasteiger partial charge in [0.05, 0.1) is 23.4 Å². The Morgan fingerprint density at radius 2 is 2.00 bits per heavy atom. The van der Waals surface area contributed by atoms with E-state index in [2.05, 4.69) is 25.4 Å². The number of rotatable bonds is 5. The number of nitrogen functional groups attached to an aromatic ring is 1. The molecule has 31 heavy (non-hydrogen) atoms. The van der Waals surface area contributed by atoms with Crippen molar-refractivity contribution >= 4 is 40.1 Å². The van der Waals surface area contributed by atoms with Crippen molar-refractivity contribution in [2.24, 2.45) is 5.10 Å². The standard InChI is InChI=1S/C22H21N7O2/c23-20-18(22(30)25-13-15-4-3-11-31-15)19-21(28-17-6-2-1-5-16(17)27-19)29(20)26-12-14-7-9-24-10-8-14/h1-2,5-10,12,15H,3-4,11,13,23H2,(H,25,30)/b26-12-/t15-/m0/s1. The molecule has 9 nitrogen and oxygen atoms in total. The molecule has 1 aromatic carbocycles. The number of carbonyl (C=O) groups excluding carboxylic acids is 1. The number of amides is 1. The van der Waals surface area contributed by atoms with Crippen molar-refractivity contribution in [3.63, 3.8) is 0 Å². The Bertz CT molecular complexity index is 1280. The van der Waals surface area contributed by atoms with E-state index >= 15 is 0 Å². The van der Waals surface area contributed by atoms with Crippen LogP contribution in [0.25, 0.3) is 22.2 Å². The summed E-state index contributed by atoms with van der Waals surface area (Å²) < 4.78 is 7.05. The van der Waals surface area contributed by atoms with Crippen molar-refractivity contribution in [1.29, 1.82) is 0 Å². The van der Waals surface area contributed by atoms with Crippen molar-refractivity contribution < 1.29 is 9.53 Å². The van der Waals surface area contributed by atoms with Crippen molar-refractivity contribution in [2.45, 2.75) is 18.9 Å². The molecule has 0 spiro atoms. The summed E-state index contributed by atoms with van der Waals surface area (Å²) in [5.41, 5.74) is 9.70. The molecule has 0 unspecified atom stereocenters. The Morgan fingerprint density at radius 3 is 2.74 bits per heavy atom. The molecule has 0 bridgehead atoms. The van der Waals surface area contributed by atoms with Crippen LogP contribution >= 0.6 is 0 Å². The summed E-state index contributed by atoms with van der Waals surface area (Å²) >= 11 is 0. The van der Waals surface area contributed by atoms with Gasteiger partial charge in [0, 0.05) is 25.5 Å². The number of ether oxygens (including phenoxy) is 1. The molecule has 5 rings (SSSR count). The fourth-order valence-electron chi connectivity index (χ4n) is 3.66. The number of benzene rings is 1. The highest BCUT2D eigenvalue weighted by Crippen LogP contribution is 2.28. The van der Waals surface area contributed by atoms with Crippen LogP contribution in [-0.4, -0.2) is 51.0 Å². The number of anilines is 1. The molecule has 3 N–H and O–H groups in total. The molecule has 4 aromatic rings. The number of nitrogens with two attached hydrogens (primary N) is 1. The molecule has 1 fully saturated rings. The van der Waals surface area contributed by atoms with Crippen LogP contribution in [0.15, 0.2) is 53.9 Å². The average molecular weight is 415 g/mol. The molecule has 0 aliphatic carbocycles. The van der Waals surface area contributed by atoms with Gasteiger partial charge in [-0.2, -0.15) is 9.78 Å². The summed E-state index contributed by atoms with van der Waals surface area (Å²) in [5, 5.41) is 7.41. The molecule has 1 atom stereocenters. The van der Waals surface area contributed by atoms with Gasteiger partial charge in [-0.1, -0.05) is 12.1 Å². The smallest absolute Gasteiger partial charge is 0.257 e. The normalized spacial score (nSPS) is 16.5. The lowest BCUT2D eigenvalue weighted by atomic mass is 10.2. The van der Waals surface area contributed by atoms with E-state index in [4.69, 9.17) is 10.5 Å². The number of nitrogens with one attached hydrogen (secondary N) is 1. The monoisotopic (exact) mass is 415 g/mol. The van der Waals surface area contributed by atoms with E-state index in [9.17, 15) is 4.79 Å². The van der Waals surface area contributed by atoms with Crippen molar-refractivity contribution in [2.75, 3.05) is 18.9 Å². The molecule has 0 radical (unpaired) electrons. The van der Waals surface area contributed by atoms with Crippen LogP contribution in [0.4, 0.5) is 5.82 Å². The highest BCUT2D eigenvalue weighted by molar-refractivity contribution is 6.10. The van der Waals surface area contributed by atoms with E-state index in [1.54, 1.807) is 18.6 Å². The van der Waals surface area contributed by atoms with Gasteiger partial charge >= 0.3 is 0 Å². The number of hydrogen-bond acceptors (Lipinski definition) is 7. The van der Waals surface area contributed by atoms with Gasteiger partial charge < -0.3 is 15.8 Å². The molecular formula is C22H21N7O2. The van der Waals surface area contributed by atoms with E-state index in [1.807, 2.05) is 36.4 Å². The molecule has 156 valence electrons. The van der Waals surface area contributed by atoms with E-state index < -0.39 is 0 Å². The first-order valence-electron chi connectivity index (χ1n) is 10.1. The lowest BCUT2D eigenvalue weighted by Crippen LogP contribution is -2.32. The number of fused-ring (bicyclic) bond motifs is 2. The first kappa shape index (κ1) is 19.1. The molecular weight excluding hydrogens is 394 g/mol. The van der Waals surface area contributed by atoms with Gasteiger partial charge in [0.15, 0.2) is 5.65 Å². The topological polar surface area (TPSA) is 120 Å². The van der Waals surface area contributed by atoms with E-state index in [0.29, 0.717) is 28.7 Å². The maximum absolute atomic E-state index is 13.1. The SMILES string of the molecule is Nc1c(C(=O)NC[C@@H]2CCCO2)c2nc3ccccc3nc2n1/N=C\c1ccncc1. The zero-order chi connectivity index (χ0) is 21.2. The second kappa shape index (κ2) is 8.11. The van der Waals surface area contributed by atoms with Crippen molar-refractivity contribution in [3.05, 3.63) is 59.9 Å². The molecule has 1 saturated heterocycles. The third kappa shape index (κ3) is 3.71. The third-order valence-corrected chi connectivity index (χ3v) is 5.24. The molecule has 1 aliphatic heterocycles. The Balaban J connectivity index is 1.59. The number of carbonyl (C=O) groups is 1. The van der Waals surface area contributed by atoms with Gasteiger partial charge in [0.1, 0.15) is 16.9 Å². The maximum atomic E-state index is 13.1. The molecule has 9 heteroatoms. The van der Waals surface area contributed by atoms with Crippen LogP contribution in [-0.2, 0) is 4.74 Å². The average Bonchev–Trinajstić information content (AvgIpc) is 3.41. The van der Waals surface area contributed by atoms with Gasteiger partial charge in [-0.05, 0) is 42.7 Å². The molecule has 4 heterocycles. The highest BCUT2D eigenvalue weighted by Gasteiger charge is 2.25. The minimum atomic E-state index is -0.319. The molecule has 1 aliphatic rings. The second-order valence-corrected chi connectivity index (χ2v) is 7.33. The lowest BCUT2D eigenvalue weighted by Gasteiger charge is -2.10. The second-order valence-electron chi connectivity index (χ2n) is 7.33. The number of hydrogen-bond donors (Lipinski definition) is 2. The van der Waals surface area contributed by atoms with E-state index in [1.165, 1.54) is 4.68 Å². The van der Waals surface area contributed by atoms with Gasteiger partial charge in [0.25, 0.3) is 5.91 Å². The van der Waals surface area contributed by atoms with Crippen LogP contribution in [0.2, 0.25) is 0 Å². The van der Waals surface area contributed by atoms with E-state index in [0.717, 1.165) is 25.0 Å². The summed E-state index contributed by atoms with van der Waals surface area (Å²) in [5.74, 6) is -0.138. The number of nitrogens with zero attached hydrogens (tertiary/aromatic N) is 5. The predicted molar refractivity (Wildman–Crippen MR) is 118 cm³/mol. The number of para-hydroxylation sites is 2. The molecule has 3 aromatic heterocycles. The number of aromatic nitrogens is 4. The Hall–Kier alpha value is -3.85. The highest BCUT2D eigenvalue weighted by atomic mass is 16.5. The van der Waals surface area contributed by atoms with Crippen molar-refractivity contribution in [1.82, 2.24) is 24.9 Å². The van der Waals surface area contributed by atoms with Gasteiger partial charge in [0.2, 0.25) is 0 Å². The summed E-state index contributed by atoms with van der Waals surface area (Å²) in [7, 11) is 0. The summed E-state index contributed by atoms with van der Waals surface area (Å²) in [6.07, 6.45) is 6.95. The largest absolute Gasteiger partial charge is 0.383 e. The third-order valence-electron chi connectivity index (χ3n) is 5.24. The number of pyridine rings is 1. The summed E-state index contributed by atoms with van der Waals surface area (Å²) in [6, 6.07) is 11.1. The fraction of sp³-hybridized carbons (Fsp3) is 0.227. The van der Waals surface area contributed by atoms with Gasteiger partial charge in [-0.15, -0.1) is 0 Å². The minimum Gasteiger partial charge on any atom is -0.383 e. The Kier molecular flexibility index (Phi) is 5.01. The van der Waals surface area contributed by atoms with Crippen LogP contribution < -0.4 is 11.1 Å². The van der Waals surface area contributed by atoms with Crippen LogP contribution in [0.1, 0.15) is 28.8 Å². The zero-order valence-electron chi connectivity index (χ0n) is 16.7. The zero-order valence-corrected chi connectivity index (χ0v) is 16.7. The Labute approximate surface area is 178 Å². The molecule has 1 amide bonds. The minimum absolute atomic E-state index is 0.0233. The maximum Gasteiger partial charge on any atom is 0.257 e. The quantitative estimate of drug-likeness (QED) is 0.483. The summed E-state index contributed by atoms with van der Waals surface area (Å²) in [4.78, 5) is 26.4. The predicted octanol–water partition coefficient (Wildman–Crippen LogP) is 2.35. The first-order chi connectivity index (χ1) is 15.2. The van der Waals surface area contributed by atoms with Crippen LogP contribution in [0.3, 0.4) is 0 Å². The molecule has 0 saturated carbocycles. The van der Waals surface area contributed by atoms with Crippen LogP contribution in [0, 0.1) is 0 Å². The van der Waals surface area contributed by atoms with E-state index in [-0.39, 0.29) is 23.4 Å². The first-order valence-corrected chi connectivity index (χ1v) is 10.1. The fourth-order valence-corrected chi connectivity index (χ4v) is 3.66. The Morgan fingerprint density at radius 1 is 1.23 bits per heavy atom. The van der Waals surface area contributed by atoms with Crippen LogP contribution in [0.5, 0.6) is 0 Å². The summed E-state index contributed by atoms with van der Waals surface area (Å²) in [6.45, 7) is 1.15. The van der Waals surface area contributed by atoms with Crippen molar-refractivity contribution in [3.8, 4) is 0 Å². The lowest BCUT2D eigenvalue weighted by molar-refractivity contribution is 0.0859. The van der Waals surface area contributed by atoms with Gasteiger partial charge in [-0.3, -0.25) is 9.78 Å². The van der Waals surface area contributed by atoms with Gasteiger partial charge in [-0.25, -0.2) is 9.97 Å².